The maximum atomic E-state index is 11.7. The second-order valence-electron chi connectivity index (χ2n) is 4.85. The molecule has 1 amide bonds. The number of nitrogens with zero attached hydrogens (tertiary/aromatic N) is 1. The van der Waals surface area contributed by atoms with Gasteiger partial charge in [-0.3, -0.25) is 14.5 Å². The van der Waals surface area contributed by atoms with Crippen molar-refractivity contribution in [3.8, 4) is 0 Å². The molecule has 0 unspecified atom stereocenters. The third-order valence-corrected chi connectivity index (χ3v) is 3.00. The summed E-state index contributed by atoms with van der Waals surface area (Å²) in [7, 11) is 1.35. The Labute approximate surface area is 109 Å². The summed E-state index contributed by atoms with van der Waals surface area (Å²) in [6.07, 6.45) is 3.88. The van der Waals surface area contributed by atoms with E-state index in [9.17, 15) is 9.59 Å². The molecule has 1 N–H and O–H groups in total. The van der Waals surface area contributed by atoms with Crippen molar-refractivity contribution in [1.29, 1.82) is 0 Å². The Morgan fingerprint density at radius 3 is 2.67 bits per heavy atom. The Morgan fingerprint density at radius 1 is 1.39 bits per heavy atom. The van der Waals surface area contributed by atoms with Gasteiger partial charge >= 0.3 is 5.97 Å². The molecule has 5 nitrogen and oxygen atoms in total. The van der Waals surface area contributed by atoms with Gasteiger partial charge < -0.3 is 10.1 Å². The van der Waals surface area contributed by atoms with Crippen LogP contribution in [0.2, 0.25) is 0 Å². The first kappa shape index (κ1) is 15.0. The number of hydrogen-bond acceptors (Lipinski definition) is 4. The summed E-state index contributed by atoms with van der Waals surface area (Å²) in [5.41, 5.74) is 0. The van der Waals surface area contributed by atoms with E-state index in [0.717, 1.165) is 25.4 Å². The first-order valence-corrected chi connectivity index (χ1v) is 6.71. The first-order chi connectivity index (χ1) is 8.65. The lowest BCUT2D eigenvalue weighted by molar-refractivity contribution is -0.140. The van der Waals surface area contributed by atoms with Gasteiger partial charge in [0.25, 0.3) is 0 Å². The van der Waals surface area contributed by atoms with Crippen LogP contribution in [0.4, 0.5) is 0 Å². The van der Waals surface area contributed by atoms with E-state index in [0.29, 0.717) is 13.1 Å². The van der Waals surface area contributed by atoms with Gasteiger partial charge in [-0.15, -0.1) is 0 Å². The number of methoxy groups -OCH3 is 1. The Kier molecular flexibility index (Phi) is 6.72. The fourth-order valence-electron chi connectivity index (χ4n) is 1.88. The molecular formula is C13H24N2O3. The lowest BCUT2D eigenvalue weighted by atomic mass is 10.3. The van der Waals surface area contributed by atoms with Crippen LogP contribution in [0, 0.1) is 5.92 Å². The summed E-state index contributed by atoms with van der Waals surface area (Å²) in [6.45, 7) is 4.90. The molecule has 0 aromatic carbocycles. The van der Waals surface area contributed by atoms with Crippen molar-refractivity contribution in [3.05, 3.63) is 0 Å². The second kappa shape index (κ2) is 8.08. The SMILES string of the molecule is CCCN(CC(=O)NCCC(=O)OC)CC1CC1. The van der Waals surface area contributed by atoms with Gasteiger partial charge in [0, 0.05) is 13.1 Å². The van der Waals surface area contributed by atoms with Gasteiger partial charge in [0.05, 0.1) is 20.1 Å². The van der Waals surface area contributed by atoms with Gasteiger partial charge in [-0.05, 0) is 31.7 Å². The number of carbonyl (C=O) groups excluding carboxylic acids is 2. The van der Waals surface area contributed by atoms with Crippen LogP contribution in [-0.2, 0) is 14.3 Å². The molecule has 0 heterocycles. The lowest BCUT2D eigenvalue weighted by Crippen LogP contribution is -2.39. The fraction of sp³-hybridized carbons (Fsp3) is 0.846. The van der Waals surface area contributed by atoms with Crippen LogP contribution in [-0.4, -0.2) is 50.1 Å². The van der Waals surface area contributed by atoms with E-state index in [1.807, 2.05) is 0 Å². The van der Waals surface area contributed by atoms with Gasteiger partial charge in [-0.25, -0.2) is 0 Å². The molecule has 5 heteroatoms. The van der Waals surface area contributed by atoms with E-state index in [1.165, 1.54) is 20.0 Å². The first-order valence-electron chi connectivity index (χ1n) is 6.71. The number of rotatable bonds is 9. The highest BCUT2D eigenvalue weighted by atomic mass is 16.5. The third-order valence-electron chi connectivity index (χ3n) is 3.00. The average Bonchev–Trinajstić information content (AvgIpc) is 3.13. The van der Waals surface area contributed by atoms with Crippen molar-refractivity contribution in [2.75, 3.05) is 33.3 Å². The van der Waals surface area contributed by atoms with Crippen molar-refractivity contribution in [1.82, 2.24) is 10.2 Å². The molecule has 0 aliphatic heterocycles. The molecule has 0 aromatic rings. The topological polar surface area (TPSA) is 58.6 Å². The van der Waals surface area contributed by atoms with E-state index in [2.05, 4.69) is 21.9 Å². The average molecular weight is 256 g/mol. The van der Waals surface area contributed by atoms with Crippen LogP contribution in [0.15, 0.2) is 0 Å². The number of ether oxygens (including phenoxy) is 1. The molecule has 0 radical (unpaired) electrons. The van der Waals surface area contributed by atoms with E-state index in [1.54, 1.807) is 0 Å². The molecule has 0 bridgehead atoms. The van der Waals surface area contributed by atoms with E-state index in [-0.39, 0.29) is 18.3 Å². The standard InChI is InChI=1S/C13H24N2O3/c1-3-8-15(9-11-4-5-11)10-12(16)14-7-6-13(17)18-2/h11H,3-10H2,1-2H3,(H,14,16). The molecule has 0 aromatic heterocycles. The van der Waals surface area contributed by atoms with Gasteiger partial charge in [0.15, 0.2) is 0 Å². The number of esters is 1. The van der Waals surface area contributed by atoms with Crippen LogP contribution in [0.3, 0.4) is 0 Å². The summed E-state index contributed by atoms with van der Waals surface area (Å²) >= 11 is 0. The summed E-state index contributed by atoms with van der Waals surface area (Å²) in [5, 5.41) is 2.75. The summed E-state index contributed by atoms with van der Waals surface area (Å²) < 4.78 is 4.51. The molecule has 1 fully saturated rings. The monoisotopic (exact) mass is 256 g/mol. The zero-order chi connectivity index (χ0) is 13.4. The molecular weight excluding hydrogens is 232 g/mol. The van der Waals surface area contributed by atoms with E-state index < -0.39 is 0 Å². The summed E-state index contributed by atoms with van der Waals surface area (Å²) in [6, 6.07) is 0. The van der Waals surface area contributed by atoms with Gasteiger partial charge in [-0.2, -0.15) is 0 Å². The van der Waals surface area contributed by atoms with Crippen LogP contribution in [0.5, 0.6) is 0 Å². The summed E-state index contributed by atoms with van der Waals surface area (Å²) in [5.74, 6) is 0.492. The second-order valence-corrected chi connectivity index (χ2v) is 4.85. The molecule has 1 rings (SSSR count). The minimum absolute atomic E-state index is 0.00648. The van der Waals surface area contributed by atoms with Gasteiger partial charge in [0.1, 0.15) is 0 Å². The highest BCUT2D eigenvalue weighted by Crippen LogP contribution is 2.29. The fourth-order valence-corrected chi connectivity index (χ4v) is 1.88. The normalized spacial score (nSPS) is 14.6. The number of amides is 1. The number of hydrogen-bond donors (Lipinski definition) is 1. The molecule has 104 valence electrons. The van der Waals surface area contributed by atoms with Crippen LogP contribution in [0.1, 0.15) is 32.6 Å². The van der Waals surface area contributed by atoms with Crippen molar-refractivity contribution >= 4 is 11.9 Å². The molecule has 18 heavy (non-hydrogen) atoms. The maximum Gasteiger partial charge on any atom is 0.307 e. The Hall–Kier alpha value is -1.10. The highest BCUT2D eigenvalue weighted by Gasteiger charge is 2.24. The predicted molar refractivity (Wildman–Crippen MR) is 69.1 cm³/mol. The van der Waals surface area contributed by atoms with Crippen LogP contribution in [0.25, 0.3) is 0 Å². The van der Waals surface area contributed by atoms with E-state index in [4.69, 9.17) is 0 Å². The lowest BCUT2D eigenvalue weighted by Gasteiger charge is -2.20. The van der Waals surface area contributed by atoms with Crippen LogP contribution >= 0.6 is 0 Å². The number of nitrogens with one attached hydrogen (secondary N) is 1. The molecule has 0 saturated heterocycles. The maximum absolute atomic E-state index is 11.7. The predicted octanol–water partition coefficient (Wildman–Crippen LogP) is 0.788. The van der Waals surface area contributed by atoms with Crippen molar-refractivity contribution in [2.45, 2.75) is 32.6 Å². The third kappa shape index (κ3) is 6.59. The van der Waals surface area contributed by atoms with Crippen LogP contribution < -0.4 is 5.32 Å². The minimum atomic E-state index is -0.293. The molecule has 1 aliphatic carbocycles. The molecule has 0 spiro atoms. The Bertz CT molecular complexity index is 277. The molecule has 1 saturated carbocycles. The largest absolute Gasteiger partial charge is 0.469 e. The van der Waals surface area contributed by atoms with Gasteiger partial charge in [0.2, 0.25) is 5.91 Å². The number of carbonyl (C=O) groups is 2. The van der Waals surface area contributed by atoms with Crippen molar-refractivity contribution < 1.29 is 14.3 Å². The minimum Gasteiger partial charge on any atom is -0.469 e. The van der Waals surface area contributed by atoms with E-state index >= 15 is 0 Å². The van der Waals surface area contributed by atoms with Crippen molar-refractivity contribution in [2.24, 2.45) is 5.92 Å². The smallest absolute Gasteiger partial charge is 0.307 e. The van der Waals surface area contributed by atoms with Gasteiger partial charge in [-0.1, -0.05) is 6.92 Å². The zero-order valence-electron chi connectivity index (χ0n) is 11.4. The Morgan fingerprint density at radius 2 is 2.11 bits per heavy atom. The quantitative estimate of drug-likeness (QED) is 0.620. The zero-order valence-corrected chi connectivity index (χ0v) is 11.4. The highest BCUT2D eigenvalue weighted by molar-refractivity contribution is 5.78. The summed E-state index contributed by atoms with van der Waals surface area (Å²) in [4.78, 5) is 24.8. The molecule has 0 atom stereocenters. The molecule has 1 aliphatic rings. The van der Waals surface area contributed by atoms with Crippen molar-refractivity contribution in [3.63, 3.8) is 0 Å². The Balaban J connectivity index is 2.16.